The van der Waals surface area contributed by atoms with Gasteiger partial charge in [0.2, 0.25) is 0 Å². The molecule has 0 spiro atoms. The van der Waals surface area contributed by atoms with E-state index in [1.165, 1.54) is 21.6 Å². The van der Waals surface area contributed by atoms with Crippen LogP contribution in [0, 0.1) is 0 Å². The number of aromatic nitrogens is 1. The Morgan fingerprint density at radius 2 is 1.95 bits per heavy atom. The van der Waals surface area contributed by atoms with Gasteiger partial charge in [0, 0.05) is 25.8 Å². The minimum atomic E-state index is -0.624. The molecule has 0 saturated carbocycles. The van der Waals surface area contributed by atoms with E-state index in [0.29, 0.717) is 10.8 Å². The first-order valence-corrected chi connectivity index (χ1v) is 8.05. The Kier molecular flexibility index (Phi) is 7.10. The van der Waals surface area contributed by atoms with Crippen molar-refractivity contribution >= 4 is 39.4 Å². The average molecular weight is 314 g/mol. The van der Waals surface area contributed by atoms with Gasteiger partial charge in [-0.15, -0.1) is 5.06 Å². The van der Waals surface area contributed by atoms with Gasteiger partial charge in [0.15, 0.2) is 0 Å². The molecule has 6 nitrogen and oxygen atoms in total. The van der Waals surface area contributed by atoms with Gasteiger partial charge in [0.05, 0.1) is 6.42 Å². The lowest BCUT2D eigenvalue weighted by atomic mass is 10.5. The Morgan fingerprint density at radius 3 is 2.50 bits per heavy atom. The molecule has 1 aromatic rings. The molecule has 0 unspecified atom stereocenters. The van der Waals surface area contributed by atoms with Crippen molar-refractivity contribution in [3.63, 3.8) is 0 Å². The highest BCUT2D eigenvalue weighted by Gasteiger charge is 2.19. The third-order valence-corrected chi connectivity index (χ3v) is 4.20. The zero-order valence-electron chi connectivity index (χ0n) is 11.1. The van der Waals surface area contributed by atoms with Crippen molar-refractivity contribution in [1.82, 2.24) is 10.0 Å². The summed E-state index contributed by atoms with van der Waals surface area (Å²) in [6.07, 6.45) is 1.79. The molecule has 0 aromatic carbocycles. The van der Waals surface area contributed by atoms with Crippen molar-refractivity contribution in [3.05, 3.63) is 24.4 Å². The fraction of sp³-hybridized carbons (Fsp3) is 0.333. The van der Waals surface area contributed by atoms with Gasteiger partial charge in [-0.3, -0.25) is 9.59 Å². The van der Waals surface area contributed by atoms with Crippen LogP contribution in [0.25, 0.3) is 0 Å². The molecule has 108 valence electrons. The van der Waals surface area contributed by atoms with E-state index in [0.717, 1.165) is 18.9 Å². The van der Waals surface area contributed by atoms with Gasteiger partial charge in [-0.05, 0) is 22.9 Å². The zero-order chi connectivity index (χ0) is 15.0. The number of hydrogen-bond donors (Lipinski definition) is 0. The Balaban J connectivity index is 2.26. The first kappa shape index (κ1) is 16.5. The first-order valence-electron chi connectivity index (χ1n) is 5.73. The smallest absolute Gasteiger partial charge is 0.330 e. The van der Waals surface area contributed by atoms with E-state index in [9.17, 15) is 14.4 Å². The van der Waals surface area contributed by atoms with Crippen molar-refractivity contribution in [2.24, 2.45) is 0 Å². The third-order valence-electron chi connectivity index (χ3n) is 1.94. The van der Waals surface area contributed by atoms with Gasteiger partial charge in [-0.1, -0.05) is 16.9 Å². The van der Waals surface area contributed by atoms with Gasteiger partial charge < -0.3 is 4.84 Å². The lowest BCUT2D eigenvalue weighted by molar-refractivity contribution is -0.200. The van der Waals surface area contributed by atoms with Crippen LogP contribution >= 0.6 is 21.6 Å². The number of imide groups is 1. The second-order valence-corrected chi connectivity index (χ2v) is 6.05. The van der Waals surface area contributed by atoms with Crippen molar-refractivity contribution in [2.45, 2.75) is 25.3 Å². The van der Waals surface area contributed by atoms with Crippen LogP contribution in [0.4, 0.5) is 0 Å². The van der Waals surface area contributed by atoms with Crippen LogP contribution in [0.15, 0.2) is 29.4 Å². The summed E-state index contributed by atoms with van der Waals surface area (Å²) >= 11 is 0. The summed E-state index contributed by atoms with van der Waals surface area (Å²) in [5.74, 6) is -1.38. The van der Waals surface area contributed by atoms with E-state index >= 15 is 0 Å². The highest BCUT2D eigenvalue weighted by Crippen LogP contribution is 2.29. The van der Waals surface area contributed by atoms with Crippen molar-refractivity contribution < 1.29 is 19.2 Å². The van der Waals surface area contributed by atoms with E-state index in [-0.39, 0.29) is 6.42 Å². The van der Waals surface area contributed by atoms with Gasteiger partial charge in [-0.25, -0.2) is 9.78 Å². The monoisotopic (exact) mass is 314 g/mol. The fourth-order valence-corrected chi connectivity index (χ4v) is 2.97. The molecule has 0 atom stereocenters. The van der Waals surface area contributed by atoms with Gasteiger partial charge in [0.1, 0.15) is 5.03 Å². The predicted molar refractivity (Wildman–Crippen MR) is 76.5 cm³/mol. The summed E-state index contributed by atoms with van der Waals surface area (Å²) < 4.78 is 0. The summed E-state index contributed by atoms with van der Waals surface area (Å²) in [6.45, 7) is 2.31. The molecule has 2 amide bonds. The van der Waals surface area contributed by atoms with E-state index in [1.54, 1.807) is 6.20 Å². The van der Waals surface area contributed by atoms with Crippen LogP contribution < -0.4 is 0 Å². The maximum Gasteiger partial charge on any atom is 0.334 e. The van der Waals surface area contributed by atoms with Crippen LogP contribution in [-0.4, -0.2) is 33.6 Å². The van der Waals surface area contributed by atoms with E-state index < -0.39 is 17.8 Å². The number of nitrogens with zero attached hydrogens (tertiary/aromatic N) is 2. The molecule has 20 heavy (non-hydrogen) atoms. The first-order chi connectivity index (χ1) is 9.50. The van der Waals surface area contributed by atoms with Crippen LogP contribution in [0.3, 0.4) is 0 Å². The summed E-state index contributed by atoms with van der Waals surface area (Å²) in [5.41, 5.74) is 0. The number of pyridine rings is 1. The quantitative estimate of drug-likeness (QED) is 0.468. The fourth-order valence-electron chi connectivity index (χ4n) is 1.12. The second-order valence-electron chi connectivity index (χ2n) is 3.62. The molecule has 0 aliphatic heterocycles. The Bertz CT molecular complexity index is 468. The molecule has 1 aromatic heterocycles. The van der Waals surface area contributed by atoms with Gasteiger partial charge in [-0.2, -0.15) is 0 Å². The van der Waals surface area contributed by atoms with E-state index in [4.69, 9.17) is 0 Å². The predicted octanol–water partition coefficient (Wildman–Crippen LogP) is 2.07. The molecule has 1 rings (SSSR count). The van der Waals surface area contributed by atoms with Crippen molar-refractivity contribution in [3.8, 4) is 0 Å². The molecule has 0 fully saturated rings. The summed E-state index contributed by atoms with van der Waals surface area (Å²) in [7, 11) is 2.89. The minimum Gasteiger partial charge on any atom is -0.330 e. The molecular weight excluding hydrogens is 300 g/mol. The third kappa shape index (κ3) is 6.07. The molecule has 8 heteroatoms. The van der Waals surface area contributed by atoms with Gasteiger partial charge in [0.25, 0.3) is 11.8 Å². The van der Waals surface area contributed by atoms with Crippen LogP contribution in [0.5, 0.6) is 0 Å². The second kappa shape index (κ2) is 8.60. The summed E-state index contributed by atoms with van der Waals surface area (Å²) in [4.78, 5) is 42.4. The van der Waals surface area contributed by atoms with Crippen LogP contribution in [-0.2, 0) is 19.2 Å². The Labute approximate surface area is 124 Å². The van der Waals surface area contributed by atoms with Gasteiger partial charge >= 0.3 is 5.97 Å². The summed E-state index contributed by atoms with van der Waals surface area (Å²) in [5, 5.41) is 1.30. The largest absolute Gasteiger partial charge is 0.334 e. The minimum absolute atomic E-state index is 0.0988. The zero-order valence-corrected chi connectivity index (χ0v) is 12.7. The maximum atomic E-state index is 11.5. The molecule has 0 aliphatic rings. The van der Waals surface area contributed by atoms with Crippen molar-refractivity contribution in [2.75, 3.05) is 5.75 Å². The molecule has 0 N–H and O–H groups in total. The number of amides is 2. The molecule has 0 aliphatic carbocycles. The molecular formula is C12H14N2O4S2. The molecule has 0 saturated heterocycles. The topological polar surface area (TPSA) is 76.6 Å². The highest BCUT2D eigenvalue weighted by atomic mass is 33.1. The maximum absolute atomic E-state index is 11.5. The number of hydroxylamine groups is 2. The average Bonchev–Trinajstić information content (AvgIpc) is 2.41. The normalized spacial score (nSPS) is 9.90. The Hall–Kier alpha value is -1.54. The van der Waals surface area contributed by atoms with E-state index in [2.05, 4.69) is 9.82 Å². The number of hydrogen-bond acceptors (Lipinski definition) is 7. The number of carbonyl (C=O) groups is 3. The highest BCUT2D eigenvalue weighted by molar-refractivity contribution is 8.76. The summed E-state index contributed by atoms with van der Waals surface area (Å²) in [6, 6.07) is 5.56. The van der Waals surface area contributed by atoms with Crippen LogP contribution in [0.1, 0.15) is 20.3 Å². The lowest BCUT2D eigenvalue weighted by Gasteiger charge is -2.15. The molecule has 0 bridgehead atoms. The number of rotatable bonds is 5. The lowest BCUT2D eigenvalue weighted by Crippen LogP contribution is -2.35. The SMILES string of the molecule is CC(=O)N(OC(=O)CCSSc1ccccn1)C(C)=O. The molecule has 0 radical (unpaired) electrons. The molecule has 1 heterocycles. The number of carbonyl (C=O) groups excluding carboxylic acids is 3. The van der Waals surface area contributed by atoms with Crippen molar-refractivity contribution in [1.29, 1.82) is 0 Å². The van der Waals surface area contributed by atoms with Crippen LogP contribution in [0.2, 0.25) is 0 Å². The van der Waals surface area contributed by atoms with E-state index in [1.807, 2.05) is 18.2 Å². The standard InChI is InChI=1S/C12H14N2O4S2/c1-9(15)14(10(2)16)18-12(17)6-8-19-20-11-5-3-4-7-13-11/h3-5,7H,6,8H2,1-2H3. The Morgan fingerprint density at radius 1 is 1.25 bits per heavy atom.